The van der Waals surface area contributed by atoms with Gasteiger partial charge in [-0.3, -0.25) is 9.80 Å². The van der Waals surface area contributed by atoms with Crippen LogP contribution in [0.2, 0.25) is 0 Å². The maximum Gasteiger partial charge on any atom is 0.410 e. The summed E-state index contributed by atoms with van der Waals surface area (Å²) in [6.45, 7) is 5.05. The average molecular weight is 374 g/mol. The summed E-state index contributed by atoms with van der Waals surface area (Å²) in [4.78, 5) is 29.6. The van der Waals surface area contributed by atoms with E-state index in [2.05, 4.69) is 4.90 Å². The summed E-state index contributed by atoms with van der Waals surface area (Å²) in [6, 6.07) is 9.34. The topological polar surface area (TPSA) is 68.3 Å². The molecule has 1 amide bonds. The smallest absolute Gasteiger partial charge is 0.410 e. The molecule has 4 fully saturated rings. The van der Waals surface area contributed by atoms with E-state index in [9.17, 15) is 9.59 Å². The van der Waals surface area contributed by atoms with Crippen molar-refractivity contribution in [3.05, 3.63) is 35.9 Å². The van der Waals surface area contributed by atoms with E-state index in [1.807, 2.05) is 44.2 Å². The van der Waals surface area contributed by atoms with Crippen molar-refractivity contribution in [2.24, 2.45) is 0 Å². The van der Waals surface area contributed by atoms with Gasteiger partial charge in [0, 0.05) is 26.6 Å². The van der Waals surface area contributed by atoms with Gasteiger partial charge in [0.2, 0.25) is 0 Å². The number of fused-ring (bicyclic) bond motifs is 1. The summed E-state index contributed by atoms with van der Waals surface area (Å²) in [7, 11) is 1.66. The van der Waals surface area contributed by atoms with Gasteiger partial charge >= 0.3 is 12.1 Å². The molecule has 0 aromatic heterocycles. The first-order chi connectivity index (χ1) is 13.0. The zero-order chi connectivity index (χ0) is 19.2. The van der Waals surface area contributed by atoms with E-state index in [1.54, 1.807) is 12.0 Å². The van der Waals surface area contributed by atoms with Crippen LogP contribution in [0.1, 0.15) is 25.8 Å². The second-order valence-corrected chi connectivity index (χ2v) is 7.78. The monoisotopic (exact) mass is 374 g/mol. The maximum absolute atomic E-state index is 12.9. The molecule has 1 aromatic rings. The van der Waals surface area contributed by atoms with Crippen molar-refractivity contribution < 1.29 is 23.8 Å². The van der Waals surface area contributed by atoms with Crippen molar-refractivity contribution in [2.45, 2.75) is 56.7 Å². The van der Waals surface area contributed by atoms with Gasteiger partial charge in [0.1, 0.15) is 12.1 Å². The number of hydrogen-bond acceptors (Lipinski definition) is 6. The lowest BCUT2D eigenvalue weighted by molar-refractivity contribution is -0.193. The van der Waals surface area contributed by atoms with Gasteiger partial charge in [-0.15, -0.1) is 0 Å². The van der Waals surface area contributed by atoms with Crippen molar-refractivity contribution in [3.63, 3.8) is 0 Å². The molecule has 0 radical (unpaired) electrons. The molecule has 0 N–H and O–H groups in total. The minimum Gasteiger partial charge on any atom is -0.462 e. The number of carbonyl (C=O) groups is 2. The Labute approximate surface area is 159 Å². The van der Waals surface area contributed by atoms with E-state index >= 15 is 0 Å². The van der Waals surface area contributed by atoms with Crippen LogP contribution in [-0.2, 0) is 25.6 Å². The highest BCUT2D eigenvalue weighted by molar-refractivity contribution is 5.86. The zero-order valence-corrected chi connectivity index (χ0v) is 16.0. The van der Waals surface area contributed by atoms with Gasteiger partial charge < -0.3 is 14.2 Å². The Balaban J connectivity index is 1.52. The predicted molar refractivity (Wildman–Crippen MR) is 97.0 cm³/mol. The third kappa shape index (κ3) is 2.80. The second kappa shape index (κ2) is 6.80. The normalized spacial score (nSPS) is 33.6. The Morgan fingerprint density at radius 2 is 1.96 bits per heavy atom. The molecule has 146 valence electrons. The van der Waals surface area contributed by atoms with Gasteiger partial charge in [-0.1, -0.05) is 30.3 Å². The Morgan fingerprint density at radius 1 is 1.22 bits per heavy atom. The summed E-state index contributed by atoms with van der Waals surface area (Å²) in [6.07, 6.45) is -0.131. The molecule has 27 heavy (non-hydrogen) atoms. The number of benzene rings is 1. The van der Waals surface area contributed by atoms with Crippen LogP contribution in [0.4, 0.5) is 4.79 Å². The van der Waals surface area contributed by atoms with Crippen LogP contribution in [0.5, 0.6) is 0 Å². The summed E-state index contributed by atoms with van der Waals surface area (Å²) < 4.78 is 16.7. The lowest BCUT2D eigenvalue weighted by atomic mass is 9.77. The number of hydrogen-bond donors (Lipinski definition) is 0. The number of rotatable bonds is 5. The fourth-order valence-electron chi connectivity index (χ4n) is 4.71. The third-order valence-electron chi connectivity index (χ3n) is 5.97. The number of nitrogens with zero attached hydrogens (tertiary/aromatic N) is 2. The van der Waals surface area contributed by atoms with Crippen molar-refractivity contribution in [1.82, 2.24) is 9.80 Å². The van der Waals surface area contributed by atoms with E-state index in [4.69, 9.17) is 14.2 Å². The third-order valence-corrected chi connectivity index (χ3v) is 5.97. The zero-order valence-electron chi connectivity index (χ0n) is 16.0. The highest BCUT2D eigenvalue weighted by atomic mass is 16.6. The van der Waals surface area contributed by atoms with Gasteiger partial charge in [-0.25, -0.2) is 9.59 Å². The number of methoxy groups -OCH3 is 1. The number of ether oxygens (including phenoxy) is 3. The van der Waals surface area contributed by atoms with Crippen LogP contribution in [0.3, 0.4) is 0 Å². The quantitative estimate of drug-likeness (QED) is 0.732. The molecule has 4 heterocycles. The van der Waals surface area contributed by atoms with Crippen LogP contribution in [0, 0.1) is 0 Å². The van der Waals surface area contributed by atoms with Gasteiger partial charge in [0.25, 0.3) is 0 Å². The number of piperazine rings is 2. The van der Waals surface area contributed by atoms with E-state index in [1.165, 1.54) is 0 Å². The minimum absolute atomic E-state index is 0.0102. The average Bonchev–Trinajstić information content (AvgIpc) is 2.83. The van der Waals surface area contributed by atoms with E-state index in [0.717, 1.165) is 5.56 Å². The van der Waals surface area contributed by atoms with Crippen molar-refractivity contribution >= 4 is 12.1 Å². The molecule has 4 bridgehead atoms. The van der Waals surface area contributed by atoms with Crippen LogP contribution in [-0.4, -0.2) is 71.9 Å². The van der Waals surface area contributed by atoms with Crippen LogP contribution < -0.4 is 0 Å². The van der Waals surface area contributed by atoms with Crippen molar-refractivity contribution in [3.8, 4) is 0 Å². The van der Waals surface area contributed by atoms with E-state index < -0.39 is 5.54 Å². The first-order valence-corrected chi connectivity index (χ1v) is 9.45. The Bertz CT molecular complexity index is 724. The maximum atomic E-state index is 12.9. The molecule has 4 aliphatic rings. The molecule has 4 saturated heterocycles. The van der Waals surface area contributed by atoms with Gasteiger partial charge in [0.05, 0.1) is 24.3 Å². The fraction of sp³-hybridized carbons (Fsp3) is 0.600. The van der Waals surface area contributed by atoms with Gasteiger partial charge in [-0.2, -0.15) is 0 Å². The molecule has 0 aliphatic carbocycles. The summed E-state index contributed by atoms with van der Waals surface area (Å²) >= 11 is 0. The summed E-state index contributed by atoms with van der Waals surface area (Å²) in [5.41, 5.74) is 0.129. The lowest BCUT2D eigenvalue weighted by Crippen LogP contribution is -2.83. The molecule has 4 aliphatic heterocycles. The molecule has 1 aromatic carbocycles. The van der Waals surface area contributed by atoms with Crippen LogP contribution in [0.25, 0.3) is 0 Å². The van der Waals surface area contributed by atoms with Crippen LogP contribution in [0.15, 0.2) is 30.3 Å². The Hall–Kier alpha value is -2.12. The first kappa shape index (κ1) is 18.3. The van der Waals surface area contributed by atoms with E-state index in [0.29, 0.717) is 19.5 Å². The number of esters is 1. The predicted octanol–water partition coefficient (Wildman–Crippen LogP) is 1.80. The minimum atomic E-state index is -0.806. The van der Waals surface area contributed by atoms with Crippen LogP contribution >= 0.6 is 0 Å². The summed E-state index contributed by atoms with van der Waals surface area (Å²) in [5.74, 6) is -0.265. The molecular weight excluding hydrogens is 348 g/mol. The Morgan fingerprint density at radius 3 is 2.63 bits per heavy atom. The number of amides is 1. The van der Waals surface area contributed by atoms with Crippen molar-refractivity contribution in [2.75, 3.05) is 20.2 Å². The molecule has 5 unspecified atom stereocenters. The number of carbonyl (C=O) groups excluding carboxylic acids is 2. The highest BCUT2D eigenvalue weighted by Crippen LogP contribution is 2.52. The second-order valence-electron chi connectivity index (χ2n) is 7.78. The molecule has 5 atom stereocenters. The lowest BCUT2D eigenvalue weighted by Gasteiger charge is -2.61. The molecule has 5 rings (SSSR count). The fourth-order valence-corrected chi connectivity index (χ4v) is 4.71. The Kier molecular flexibility index (Phi) is 4.60. The summed E-state index contributed by atoms with van der Waals surface area (Å²) in [5, 5.41) is 0. The van der Waals surface area contributed by atoms with Gasteiger partial charge in [0.15, 0.2) is 0 Å². The largest absolute Gasteiger partial charge is 0.462 e. The van der Waals surface area contributed by atoms with Gasteiger partial charge in [-0.05, 0) is 19.4 Å². The van der Waals surface area contributed by atoms with Crippen molar-refractivity contribution in [1.29, 1.82) is 0 Å². The molecule has 7 heteroatoms. The SMILES string of the molecule is COC1CC2(C(=O)OC(C)C)C3CN2C1CN3C(=O)OCc1ccccc1. The molecular formula is C20H26N2O5. The molecule has 0 spiro atoms. The molecule has 7 nitrogen and oxygen atoms in total. The highest BCUT2D eigenvalue weighted by Gasteiger charge is 2.73. The molecule has 0 saturated carbocycles. The first-order valence-electron chi connectivity index (χ1n) is 9.45. The standard InChI is InChI=1S/C20H26N2O5/c1-13(2)27-18(23)20-9-16(25-3)15-10-21(17(20)11-22(15)20)19(24)26-12-14-7-5-4-6-8-14/h4-8,13,15-17H,9-12H2,1-3H3. The van der Waals surface area contributed by atoms with E-state index in [-0.39, 0.29) is 43.0 Å².